The molecule has 0 spiro atoms. The number of halogens is 2. The van der Waals surface area contributed by atoms with Crippen LogP contribution in [0.1, 0.15) is 5.69 Å². The van der Waals surface area contributed by atoms with Crippen molar-refractivity contribution >= 4 is 33.6 Å². The van der Waals surface area contributed by atoms with Gasteiger partial charge in [-0.15, -0.1) is 0 Å². The Morgan fingerprint density at radius 3 is 3.00 bits per heavy atom. The minimum atomic E-state index is -1.05. The molecule has 0 amide bonds. The van der Waals surface area contributed by atoms with E-state index in [1.54, 1.807) is 6.20 Å². The van der Waals surface area contributed by atoms with E-state index in [1.165, 1.54) is 22.7 Å². The Morgan fingerprint density at radius 2 is 2.31 bits per heavy atom. The zero-order chi connectivity index (χ0) is 11.7. The highest BCUT2D eigenvalue weighted by atomic mass is 79.9. The summed E-state index contributed by atoms with van der Waals surface area (Å²) >= 11 is 3.18. The van der Waals surface area contributed by atoms with Crippen LogP contribution < -0.4 is 0 Å². The topological polar surface area (TPSA) is 54.6 Å². The first-order valence-electron chi connectivity index (χ1n) is 4.31. The van der Waals surface area contributed by atoms with Gasteiger partial charge in [-0.2, -0.15) is 0 Å². The van der Waals surface area contributed by atoms with Gasteiger partial charge in [-0.25, -0.2) is 14.2 Å². The number of imidazole rings is 1. The number of carbonyl (C=O) groups is 1. The van der Waals surface area contributed by atoms with Gasteiger partial charge in [0.05, 0.1) is 10.2 Å². The second-order valence-electron chi connectivity index (χ2n) is 3.07. The predicted molar refractivity (Wildman–Crippen MR) is 59.5 cm³/mol. The molecule has 0 aliphatic rings. The molecule has 2 heterocycles. The number of pyridine rings is 1. The van der Waals surface area contributed by atoms with Crippen molar-refractivity contribution in [2.24, 2.45) is 0 Å². The number of carboxylic acids is 1. The summed E-state index contributed by atoms with van der Waals surface area (Å²) in [5.41, 5.74) is 0.986. The quantitative estimate of drug-likeness (QED) is 0.862. The third kappa shape index (κ3) is 2.11. The normalized spacial score (nSPS) is 11.4. The summed E-state index contributed by atoms with van der Waals surface area (Å²) < 4.78 is 15.0. The van der Waals surface area contributed by atoms with Gasteiger partial charge in [-0.05, 0) is 28.1 Å². The van der Waals surface area contributed by atoms with Gasteiger partial charge in [0.25, 0.3) is 0 Å². The Labute approximate surface area is 98.2 Å². The van der Waals surface area contributed by atoms with Crippen molar-refractivity contribution in [2.75, 3.05) is 0 Å². The molecule has 1 N–H and O–H groups in total. The summed E-state index contributed by atoms with van der Waals surface area (Å²) in [6.07, 6.45) is 5.14. The summed E-state index contributed by atoms with van der Waals surface area (Å²) in [4.78, 5) is 14.4. The van der Waals surface area contributed by atoms with Crippen LogP contribution in [0.15, 0.2) is 29.0 Å². The molecule has 0 aliphatic heterocycles. The van der Waals surface area contributed by atoms with E-state index < -0.39 is 11.8 Å². The van der Waals surface area contributed by atoms with Crippen LogP contribution in [-0.2, 0) is 4.79 Å². The largest absolute Gasteiger partial charge is 0.478 e. The molecule has 82 valence electrons. The lowest BCUT2D eigenvalue weighted by atomic mass is 10.4. The molecule has 2 rings (SSSR count). The smallest absolute Gasteiger partial charge is 0.328 e. The molecule has 2 aromatic heterocycles. The summed E-state index contributed by atoms with van der Waals surface area (Å²) in [5, 5.41) is 8.46. The molecule has 0 fully saturated rings. The first-order valence-corrected chi connectivity index (χ1v) is 5.10. The van der Waals surface area contributed by atoms with E-state index in [1.807, 2.05) is 0 Å². The van der Waals surface area contributed by atoms with Crippen molar-refractivity contribution in [3.05, 3.63) is 40.5 Å². The summed E-state index contributed by atoms with van der Waals surface area (Å²) in [6, 6.07) is 1.30. The van der Waals surface area contributed by atoms with Crippen molar-refractivity contribution in [3.63, 3.8) is 0 Å². The highest BCUT2D eigenvalue weighted by Gasteiger charge is 2.05. The van der Waals surface area contributed by atoms with Gasteiger partial charge in [-0.3, -0.25) is 0 Å². The molecule has 0 unspecified atom stereocenters. The Hall–Kier alpha value is -1.69. The van der Waals surface area contributed by atoms with Crippen molar-refractivity contribution in [2.45, 2.75) is 0 Å². The molecule has 0 radical (unpaired) electrons. The number of rotatable bonds is 2. The third-order valence-corrected chi connectivity index (χ3v) is 2.47. The summed E-state index contributed by atoms with van der Waals surface area (Å²) in [6.45, 7) is 0. The lowest BCUT2D eigenvalue weighted by Crippen LogP contribution is -1.86. The average molecular weight is 285 g/mol. The maximum absolute atomic E-state index is 13.0. The van der Waals surface area contributed by atoms with E-state index in [2.05, 4.69) is 20.9 Å². The molecule has 0 saturated heterocycles. The van der Waals surface area contributed by atoms with Crippen molar-refractivity contribution in [3.8, 4) is 0 Å². The third-order valence-electron chi connectivity index (χ3n) is 1.89. The maximum Gasteiger partial charge on any atom is 0.328 e. The van der Waals surface area contributed by atoms with Crippen molar-refractivity contribution in [1.82, 2.24) is 9.38 Å². The van der Waals surface area contributed by atoms with Gasteiger partial charge in [0.15, 0.2) is 5.65 Å². The number of hydrogen-bond acceptors (Lipinski definition) is 2. The number of hydrogen-bond donors (Lipinski definition) is 1. The zero-order valence-electron chi connectivity index (χ0n) is 7.89. The van der Waals surface area contributed by atoms with Gasteiger partial charge in [0, 0.05) is 18.5 Å². The molecular weight excluding hydrogens is 279 g/mol. The van der Waals surface area contributed by atoms with Crippen molar-refractivity contribution < 1.29 is 14.3 Å². The molecule has 0 saturated carbocycles. The Kier molecular flexibility index (Phi) is 2.74. The highest BCUT2D eigenvalue weighted by molar-refractivity contribution is 9.10. The van der Waals surface area contributed by atoms with Crippen LogP contribution in [0.25, 0.3) is 11.7 Å². The number of fused-ring (bicyclic) bond motifs is 1. The number of nitrogens with zero attached hydrogens (tertiary/aromatic N) is 2. The number of aromatic nitrogens is 2. The van der Waals surface area contributed by atoms with Crippen LogP contribution >= 0.6 is 15.9 Å². The average Bonchev–Trinajstić information content (AvgIpc) is 2.57. The summed E-state index contributed by atoms with van der Waals surface area (Å²) in [7, 11) is 0. The van der Waals surface area contributed by atoms with E-state index in [9.17, 15) is 9.18 Å². The fourth-order valence-electron chi connectivity index (χ4n) is 1.28. The van der Waals surface area contributed by atoms with Crippen LogP contribution in [-0.4, -0.2) is 20.5 Å². The lowest BCUT2D eigenvalue weighted by Gasteiger charge is -1.95. The minimum absolute atomic E-state index is 0.398. The zero-order valence-corrected chi connectivity index (χ0v) is 9.48. The van der Waals surface area contributed by atoms with E-state index >= 15 is 0 Å². The van der Waals surface area contributed by atoms with Crippen LogP contribution in [0.5, 0.6) is 0 Å². The lowest BCUT2D eigenvalue weighted by molar-refractivity contribution is -0.131. The number of aliphatic carboxylic acids is 1. The molecule has 4 nitrogen and oxygen atoms in total. The molecule has 6 heteroatoms. The van der Waals surface area contributed by atoms with E-state index in [4.69, 9.17) is 5.11 Å². The molecule has 16 heavy (non-hydrogen) atoms. The Morgan fingerprint density at radius 1 is 1.56 bits per heavy atom. The minimum Gasteiger partial charge on any atom is -0.478 e. The standard InChI is InChI=1S/C10H6BrFN2O2/c11-8-3-6(12)4-14-5-7(13-10(8)14)1-2-9(15)16/h1-5H,(H,15,16)/b2-1+. The fraction of sp³-hybridized carbons (Fsp3) is 0. The van der Waals surface area contributed by atoms with Gasteiger partial charge in [-0.1, -0.05) is 0 Å². The first kappa shape index (κ1) is 10.8. The van der Waals surface area contributed by atoms with E-state index in [0.29, 0.717) is 15.8 Å². The second kappa shape index (κ2) is 4.05. The Balaban J connectivity index is 2.52. The second-order valence-corrected chi connectivity index (χ2v) is 3.93. The predicted octanol–water partition coefficient (Wildman–Crippen LogP) is 2.33. The number of carboxylic acid groups (broad SMARTS) is 1. The summed E-state index contributed by atoms with van der Waals surface area (Å²) in [5.74, 6) is -1.45. The molecule has 0 bridgehead atoms. The molecule has 0 atom stereocenters. The van der Waals surface area contributed by atoms with Gasteiger partial charge in [0.1, 0.15) is 5.82 Å². The molecule has 0 aliphatic carbocycles. The fourth-order valence-corrected chi connectivity index (χ4v) is 1.79. The Bertz CT molecular complexity index is 592. The van der Waals surface area contributed by atoms with Gasteiger partial charge < -0.3 is 9.51 Å². The SMILES string of the molecule is O=C(O)/C=C/c1cn2cc(F)cc(Br)c2n1. The van der Waals surface area contributed by atoms with E-state index in [0.717, 1.165) is 6.08 Å². The van der Waals surface area contributed by atoms with Crippen LogP contribution in [0.4, 0.5) is 4.39 Å². The maximum atomic E-state index is 13.0. The molecular formula is C10H6BrFN2O2. The molecule has 0 aromatic carbocycles. The van der Waals surface area contributed by atoms with Crippen LogP contribution in [0.2, 0.25) is 0 Å². The first-order chi connectivity index (χ1) is 7.56. The van der Waals surface area contributed by atoms with Crippen LogP contribution in [0.3, 0.4) is 0 Å². The van der Waals surface area contributed by atoms with Crippen molar-refractivity contribution in [1.29, 1.82) is 0 Å². The van der Waals surface area contributed by atoms with Gasteiger partial charge >= 0.3 is 5.97 Å². The highest BCUT2D eigenvalue weighted by Crippen LogP contribution is 2.19. The van der Waals surface area contributed by atoms with E-state index in [-0.39, 0.29) is 0 Å². The van der Waals surface area contributed by atoms with Gasteiger partial charge in [0.2, 0.25) is 0 Å². The molecule has 2 aromatic rings. The van der Waals surface area contributed by atoms with Crippen LogP contribution in [0, 0.1) is 5.82 Å². The monoisotopic (exact) mass is 284 g/mol.